The van der Waals surface area contributed by atoms with E-state index in [4.69, 9.17) is 13.7 Å². The second-order valence-electron chi connectivity index (χ2n) is 4.23. The lowest BCUT2D eigenvalue weighted by molar-refractivity contribution is 0.0426. The fourth-order valence-electron chi connectivity index (χ4n) is 1.75. The van der Waals surface area contributed by atoms with Crippen molar-refractivity contribution in [3.63, 3.8) is 0 Å². The van der Waals surface area contributed by atoms with Gasteiger partial charge in [-0.3, -0.25) is 0 Å². The van der Waals surface area contributed by atoms with E-state index in [1.54, 1.807) is 12.1 Å². The highest BCUT2D eigenvalue weighted by Gasteiger charge is 2.14. The van der Waals surface area contributed by atoms with Crippen LogP contribution in [-0.4, -0.2) is 11.1 Å². The van der Waals surface area contributed by atoms with Crippen molar-refractivity contribution in [3.8, 4) is 11.3 Å². The minimum atomic E-state index is -0.551. The van der Waals surface area contributed by atoms with Crippen LogP contribution in [0.4, 0.5) is 0 Å². The molecule has 2 heterocycles. The zero-order valence-corrected chi connectivity index (χ0v) is 12.4. The summed E-state index contributed by atoms with van der Waals surface area (Å²) in [6.45, 7) is 0.0213. The van der Waals surface area contributed by atoms with Gasteiger partial charge in [-0.2, -0.15) is 0 Å². The van der Waals surface area contributed by atoms with Crippen LogP contribution in [-0.2, 0) is 11.3 Å². The summed E-state index contributed by atoms with van der Waals surface area (Å²) in [6, 6.07) is 14.5. The molecule has 0 fully saturated rings. The Labute approximate surface area is 128 Å². The predicted octanol–water partition coefficient (Wildman–Crippen LogP) is 4.05. The average molecular weight is 348 g/mol. The molecule has 1 aromatic carbocycles. The molecule has 0 aliphatic heterocycles. The molecule has 0 aliphatic carbocycles. The maximum absolute atomic E-state index is 11.7. The Balaban J connectivity index is 1.64. The Hall–Kier alpha value is -2.34. The summed E-state index contributed by atoms with van der Waals surface area (Å²) in [7, 11) is 0. The predicted molar refractivity (Wildman–Crippen MR) is 77.5 cm³/mol. The molecule has 106 valence electrons. The summed E-state index contributed by atoms with van der Waals surface area (Å²) in [5.74, 6) is 0.209. The topological polar surface area (TPSA) is 65.5 Å². The van der Waals surface area contributed by atoms with E-state index in [9.17, 15) is 4.79 Å². The Morgan fingerprint density at radius 3 is 2.71 bits per heavy atom. The number of ether oxygens (including phenoxy) is 1. The van der Waals surface area contributed by atoms with Gasteiger partial charge in [0.25, 0.3) is 0 Å². The normalized spacial score (nSPS) is 10.5. The smallest absolute Gasteiger partial charge is 0.374 e. The van der Waals surface area contributed by atoms with E-state index in [1.807, 2.05) is 30.3 Å². The third-order valence-corrected chi connectivity index (χ3v) is 3.17. The van der Waals surface area contributed by atoms with Crippen LogP contribution in [0.15, 0.2) is 62.1 Å². The van der Waals surface area contributed by atoms with E-state index >= 15 is 0 Å². The Bertz CT molecular complexity index is 748. The second-order valence-corrected chi connectivity index (χ2v) is 5.01. The van der Waals surface area contributed by atoms with Crippen molar-refractivity contribution in [2.75, 3.05) is 0 Å². The highest BCUT2D eigenvalue weighted by atomic mass is 79.9. The molecule has 0 spiro atoms. The molecule has 0 bridgehead atoms. The van der Waals surface area contributed by atoms with Crippen molar-refractivity contribution in [1.29, 1.82) is 0 Å². The Morgan fingerprint density at radius 1 is 1.19 bits per heavy atom. The molecule has 0 saturated carbocycles. The molecule has 0 atom stereocenters. The summed E-state index contributed by atoms with van der Waals surface area (Å²) >= 11 is 3.12. The molecule has 0 amide bonds. The lowest BCUT2D eigenvalue weighted by Gasteiger charge is -1.98. The summed E-state index contributed by atoms with van der Waals surface area (Å²) in [5.41, 5.74) is 1.45. The molecule has 2 aromatic heterocycles. The van der Waals surface area contributed by atoms with Crippen LogP contribution in [0.1, 0.15) is 16.2 Å². The van der Waals surface area contributed by atoms with E-state index in [2.05, 4.69) is 21.1 Å². The van der Waals surface area contributed by atoms with E-state index in [1.165, 1.54) is 6.07 Å². The van der Waals surface area contributed by atoms with Gasteiger partial charge in [0.2, 0.25) is 5.76 Å². The van der Waals surface area contributed by atoms with Crippen molar-refractivity contribution >= 4 is 21.9 Å². The standard InChI is InChI=1S/C15H10BrNO4/c16-14-7-6-12(20-14)15(18)19-9-11-8-13(21-17-11)10-4-2-1-3-5-10/h1-8H,9H2. The van der Waals surface area contributed by atoms with Gasteiger partial charge in [0, 0.05) is 11.6 Å². The average Bonchev–Trinajstić information content (AvgIpc) is 3.15. The molecule has 0 radical (unpaired) electrons. The van der Waals surface area contributed by atoms with Crippen LogP contribution in [0.5, 0.6) is 0 Å². The number of benzene rings is 1. The number of nitrogens with zero attached hydrogens (tertiary/aromatic N) is 1. The lowest BCUT2D eigenvalue weighted by Crippen LogP contribution is -2.03. The van der Waals surface area contributed by atoms with Gasteiger partial charge in [0.15, 0.2) is 10.4 Å². The maximum Gasteiger partial charge on any atom is 0.374 e. The van der Waals surface area contributed by atoms with Gasteiger partial charge in [0.05, 0.1) is 0 Å². The number of esters is 1. The number of carbonyl (C=O) groups is 1. The number of carbonyl (C=O) groups excluding carboxylic acids is 1. The van der Waals surface area contributed by atoms with Gasteiger partial charge in [-0.15, -0.1) is 0 Å². The third-order valence-electron chi connectivity index (χ3n) is 2.74. The molecule has 5 nitrogen and oxygen atoms in total. The largest absolute Gasteiger partial charge is 0.453 e. The third kappa shape index (κ3) is 3.22. The molecule has 21 heavy (non-hydrogen) atoms. The van der Waals surface area contributed by atoms with Crippen molar-refractivity contribution in [3.05, 3.63) is 64.7 Å². The number of aromatic nitrogens is 1. The first-order valence-electron chi connectivity index (χ1n) is 6.16. The van der Waals surface area contributed by atoms with Gasteiger partial charge in [-0.1, -0.05) is 35.5 Å². The molecule has 0 N–H and O–H groups in total. The Kier molecular flexibility index (Phi) is 3.87. The molecule has 0 aliphatic rings. The van der Waals surface area contributed by atoms with Crippen molar-refractivity contribution in [1.82, 2.24) is 5.16 Å². The van der Waals surface area contributed by atoms with Gasteiger partial charge in [-0.25, -0.2) is 4.79 Å². The minimum Gasteiger partial charge on any atom is -0.453 e. The molecular weight excluding hydrogens is 338 g/mol. The number of hydrogen-bond donors (Lipinski definition) is 0. The van der Waals surface area contributed by atoms with Gasteiger partial charge in [0.1, 0.15) is 12.3 Å². The summed E-state index contributed by atoms with van der Waals surface area (Å²) < 4.78 is 15.9. The molecule has 3 aromatic rings. The first kappa shape index (κ1) is 13.6. The molecule has 6 heteroatoms. The summed E-state index contributed by atoms with van der Waals surface area (Å²) in [5, 5.41) is 3.87. The lowest BCUT2D eigenvalue weighted by atomic mass is 10.2. The highest BCUT2D eigenvalue weighted by molar-refractivity contribution is 9.10. The van der Waals surface area contributed by atoms with Gasteiger partial charge in [-0.05, 0) is 28.1 Å². The zero-order valence-electron chi connectivity index (χ0n) is 10.8. The SMILES string of the molecule is O=C(OCc1cc(-c2ccccc2)on1)c1ccc(Br)o1. The minimum absolute atomic E-state index is 0.0213. The van der Waals surface area contributed by atoms with Crippen molar-refractivity contribution in [2.45, 2.75) is 6.61 Å². The highest BCUT2D eigenvalue weighted by Crippen LogP contribution is 2.20. The number of furan rings is 1. The monoisotopic (exact) mass is 347 g/mol. The first-order chi connectivity index (χ1) is 10.2. The van der Waals surface area contributed by atoms with E-state index in [-0.39, 0.29) is 12.4 Å². The number of hydrogen-bond acceptors (Lipinski definition) is 5. The van der Waals surface area contributed by atoms with Crippen LogP contribution >= 0.6 is 15.9 Å². The van der Waals surface area contributed by atoms with E-state index < -0.39 is 5.97 Å². The molecule has 0 saturated heterocycles. The van der Waals surface area contributed by atoms with Gasteiger partial charge < -0.3 is 13.7 Å². The maximum atomic E-state index is 11.7. The van der Waals surface area contributed by atoms with Crippen LogP contribution in [0.2, 0.25) is 0 Å². The van der Waals surface area contributed by atoms with Crippen molar-refractivity contribution < 1.29 is 18.5 Å². The fraction of sp³-hybridized carbons (Fsp3) is 0.0667. The van der Waals surface area contributed by atoms with Crippen LogP contribution in [0.3, 0.4) is 0 Å². The van der Waals surface area contributed by atoms with E-state index in [0.29, 0.717) is 16.1 Å². The second kappa shape index (κ2) is 5.97. The van der Waals surface area contributed by atoms with Crippen LogP contribution in [0, 0.1) is 0 Å². The fourth-order valence-corrected chi connectivity index (χ4v) is 2.06. The number of rotatable bonds is 4. The summed E-state index contributed by atoms with van der Waals surface area (Å²) in [4.78, 5) is 11.7. The molecule has 3 rings (SSSR count). The quantitative estimate of drug-likeness (QED) is 0.666. The van der Waals surface area contributed by atoms with Gasteiger partial charge >= 0.3 is 5.97 Å². The van der Waals surface area contributed by atoms with Crippen molar-refractivity contribution in [2.24, 2.45) is 0 Å². The first-order valence-corrected chi connectivity index (χ1v) is 6.95. The van der Waals surface area contributed by atoms with Crippen LogP contribution in [0.25, 0.3) is 11.3 Å². The number of halogens is 1. The molecular formula is C15H10BrNO4. The summed E-state index contributed by atoms with van der Waals surface area (Å²) in [6.07, 6.45) is 0. The molecule has 0 unspecified atom stereocenters. The van der Waals surface area contributed by atoms with E-state index in [0.717, 1.165) is 5.56 Å². The van der Waals surface area contributed by atoms with Crippen LogP contribution < -0.4 is 0 Å². The zero-order chi connectivity index (χ0) is 14.7. The Morgan fingerprint density at radius 2 is 2.00 bits per heavy atom.